The largest absolute Gasteiger partial charge is 0.482 e. The van der Waals surface area contributed by atoms with Crippen molar-refractivity contribution in [1.82, 2.24) is 4.98 Å². The van der Waals surface area contributed by atoms with E-state index >= 15 is 0 Å². The SMILES string of the molecule is O=C(COc1cccnc1)Nc1ccc(C(=O)O)cc1. The number of carboxylic acids is 1. The summed E-state index contributed by atoms with van der Waals surface area (Å²) < 4.78 is 5.23. The van der Waals surface area contributed by atoms with Crippen molar-refractivity contribution in [2.24, 2.45) is 0 Å². The van der Waals surface area contributed by atoms with Crippen LogP contribution >= 0.6 is 0 Å². The van der Waals surface area contributed by atoms with Crippen molar-refractivity contribution in [3.05, 3.63) is 54.4 Å². The van der Waals surface area contributed by atoms with E-state index in [2.05, 4.69) is 10.3 Å². The zero-order valence-corrected chi connectivity index (χ0v) is 10.4. The highest BCUT2D eigenvalue weighted by Crippen LogP contribution is 2.10. The molecule has 102 valence electrons. The molecule has 2 aromatic rings. The predicted molar refractivity (Wildman–Crippen MR) is 71.8 cm³/mol. The summed E-state index contributed by atoms with van der Waals surface area (Å²) in [7, 11) is 0. The van der Waals surface area contributed by atoms with Crippen molar-refractivity contribution in [3.63, 3.8) is 0 Å². The van der Waals surface area contributed by atoms with Crippen LogP contribution < -0.4 is 10.1 Å². The lowest BCUT2D eigenvalue weighted by atomic mass is 10.2. The second-order valence-corrected chi connectivity index (χ2v) is 3.91. The number of nitrogens with one attached hydrogen (secondary N) is 1. The maximum Gasteiger partial charge on any atom is 0.335 e. The van der Waals surface area contributed by atoms with E-state index in [1.54, 1.807) is 18.3 Å². The molecule has 0 spiro atoms. The summed E-state index contributed by atoms with van der Waals surface area (Å²) in [5.41, 5.74) is 0.671. The van der Waals surface area contributed by atoms with Gasteiger partial charge in [-0.25, -0.2) is 4.79 Å². The Morgan fingerprint density at radius 2 is 1.95 bits per heavy atom. The molecule has 1 aromatic heterocycles. The van der Waals surface area contributed by atoms with E-state index in [0.29, 0.717) is 11.4 Å². The topological polar surface area (TPSA) is 88.5 Å². The smallest absolute Gasteiger partial charge is 0.335 e. The Morgan fingerprint density at radius 1 is 1.20 bits per heavy atom. The Bertz CT molecular complexity index is 596. The summed E-state index contributed by atoms with van der Waals surface area (Å²) in [6.45, 7) is -0.146. The summed E-state index contributed by atoms with van der Waals surface area (Å²) in [5, 5.41) is 11.4. The number of benzene rings is 1. The Balaban J connectivity index is 1.86. The Hall–Kier alpha value is -2.89. The Kier molecular flexibility index (Phi) is 4.28. The highest BCUT2D eigenvalue weighted by Gasteiger charge is 2.05. The van der Waals surface area contributed by atoms with Crippen molar-refractivity contribution in [1.29, 1.82) is 0 Å². The van der Waals surface area contributed by atoms with Crippen LogP contribution in [0.15, 0.2) is 48.8 Å². The minimum absolute atomic E-state index is 0.146. The van der Waals surface area contributed by atoms with Crippen molar-refractivity contribution in [2.45, 2.75) is 0 Å². The third kappa shape index (κ3) is 3.81. The molecule has 1 amide bonds. The van der Waals surface area contributed by atoms with Crippen molar-refractivity contribution in [3.8, 4) is 5.75 Å². The van der Waals surface area contributed by atoms with Crippen LogP contribution in [-0.2, 0) is 4.79 Å². The molecule has 0 radical (unpaired) electrons. The van der Waals surface area contributed by atoms with Gasteiger partial charge in [0.2, 0.25) is 0 Å². The lowest BCUT2D eigenvalue weighted by molar-refractivity contribution is -0.118. The minimum atomic E-state index is -1.01. The first-order chi connectivity index (χ1) is 9.65. The number of carbonyl (C=O) groups excluding carboxylic acids is 1. The van der Waals surface area contributed by atoms with E-state index in [0.717, 1.165) is 0 Å². The normalized spacial score (nSPS) is 9.80. The number of anilines is 1. The number of amides is 1. The van der Waals surface area contributed by atoms with Crippen LogP contribution in [-0.4, -0.2) is 28.6 Å². The second-order valence-electron chi connectivity index (χ2n) is 3.91. The monoisotopic (exact) mass is 272 g/mol. The van der Waals surface area contributed by atoms with Gasteiger partial charge in [-0.1, -0.05) is 0 Å². The number of pyridine rings is 1. The van der Waals surface area contributed by atoms with E-state index in [1.807, 2.05) is 0 Å². The molecule has 6 nitrogen and oxygen atoms in total. The maximum absolute atomic E-state index is 11.6. The lowest BCUT2D eigenvalue weighted by Gasteiger charge is -2.07. The molecule has 0 aliphatic carbocycles. The molecule has 1 aromatic carbocycles. The summed E-state index contributed by atoms with van der Waals surface area (Å²) in [6, 6.07) is 9.27. The molecule has 1 heterocycles. The van der Waals surface area contributed by atoms with E-state index in [-0.39, 0.29) is 18.1 Å². The molecule has 0 aliphatic heterocycles. The quantitative estimate of drug-likeness (QED) is 0.866. The molecule has 0 aliphatic rings. The van der Waals surface area contributed by atoms with Crippen LogP contribution in [0.25, 0.3) is 0 Å². The Morgan fingerprint density at radius 3 is 2.55 bits per heavy atom. The standard InChI is InChI=1S/C14H12N2O4/c17-13(9-20-12-2-1-7-15-8-12)16-11-5-3-10(4-6-11)14(18)19/h1-8H,9H2,(H,16,17)(H,18,19). The highest BCUT2D eigenvalue weighted by atomic mass is 16.5. The van der Waals surface area contributed by atoms with Crippen LogP contribution in [0.1, 0.15) is 10.4 Å². The Labute approximate surface area is 115 Å². The third-order valence-corrected chi connectivity index (χ3v) is 2.42. The summed E-state index contributed by atoms with van der Waals surface area (Å²) in [4.78, 5) is 26.2. The zero-order chi connectivity index (χ0) is 14.4. The summed E-state index contributed by atoms with van der Waals surface area (Å²) >= 11 is 0. The molecule has 20 heavy (non-hydrogen) atoms. The molecule has 2 N–H and O–H groups in total. The fourth-order valence-corrected chi connectivity index (χ4v) is 1.47. The van der Waals surface area contributed by atoms with E-state index in [4.69, 9.17) is 9.84 Å². The van der Waals surface area contributed by atoms with E-state index in [1.165, 1.54) is 30.5 Å². The van der Waals surface area contributed by atoms with Crippen LogP contribution in [0.5, 0.6) is 5.75 Å². The number of rotatable bonds is 5. The number of hydrogen-bond acceptors (Lipinski definition) is 4. The van der Waals surface area contributed by atoms with Crippen LogP contribution in [0.4, 0.5) is 5.69 Å². The molecule has 0 unspecified atom stereocenters. The van der Waals surface area contributed by atoms with Gasteiger partial charge in [0.05, 0.1) is 11.8 Å². The summed E-state index contributed by atoms with van der Waals surface area (Å²) in [6.07, 6.45) is 3.12. The van der Waals surface area contributed by atoms with Gasteiger partial charge in [0, 0.05) is 11.9 Å². The fourth-order valence-electron chi connectivity index (χ4n) is 1.47. The van der Waals surface area contributed by atoms with Gasteiger partial charge in [0.15, 0.2) is 6.61 Å². The number of carboxylic acid groups (broad SMARTS) is 1. The first-order valence-corrected chi connectivity index (χ1v) is 5.81. The van der Waals surface area contributed by atoms with Gasteiger partial charge >= 0.3 is 5.97 Å². The molecule has 2 rings (SSSR count). The molecular weight excluding hydrogens is 260 g/mol. The molecule has 6 heteroatoms. The molecular formula is C14H12N2O4. The number of carbonyl (C=O) groups is 2. The maximum atomic E-state index is 11.6. The lowest BCUT2D eigenvalue weighted by Crippen LogP contribution is -2.20. The number of nitrogens with zero attached hydrogens (tertiary/aromatic N) is 1. The van der Waals surface area contributed by atoms with Gasteiger partial charge in [-0.05, 0) is 36.4 Å². The summed E-state index contributed by atoms with van der Waals surface area (Å²) in [5.74, 6) is -0.844. The van der Waals surface area contributed by atoms with Gasteiger partial charge in [0.1, 0.15) is 5.75 Å². The van der Waals surface area contributed by atoms with Gasteiger partial charge in [-0.2, -0.15) is 0 Å². The molecule has 0 saturated heterocycles. The predicted octanol–water partition coefficient (Wildman–Crippen LogP) is 1.80. The van der Waals surface area contributed by atoms with Crippen LogP contribution in [0.2, 0.25) is 0 Å². The minimum Gasteiger partial charge on any atom is -0.482 e. The first-order valence-electron chi connectivity index (χ1n) is 5.81. The van der Waals surface area contributed by atoms with Crippen molar-refractivity contribution < 1.29 is 19.4 Å². The number of hydrogen-bond donors (Lipinski definition) is 2. The molecule has 0 bridgehead atoms. The van der Waals surface area contributed by atoms with Crippen LogP contribution in [0, 0.1) is 0 Å². The van der Waals surface area contributed by atoms with E-state index in [9.17, 15) is 9.59 Å². The zero-order valence-electron chi connectivity index (χ0n) is 10.4. The average Bonchev–Trinajstić information content (AvgIpc) is 2.47. The second kappa shape index (κ2) is 6.33. The molecule has 0 atom stereocenters. The van der Waals surface area contributed by atoms with E-state index < -0.39 is 5.97 Å². The fraction of sp³-hybridized carbons (Fsp3) is 0.0714. The molecule has 0 fully saturated rings. The van der Waals surface area contributed by atoms with Crippen LogP contribution in [0.3, 0.4) is 0 Å². The average molecular weight is 272 g/mol. The van der Waals surface area contributed by atoms with Gasteiger partial charge < -0.3 is 15.2 Å². The molecule has 0 saturated carbocycles. The first kappa shape index (κ1) is 13.5. The number of ether oxygens (including phenoxy) is 1. The highest BCUT2D eigenvalue weighted by molar-refractivity contribution is 5.93. The van der Waals surface area contributed by atoms with Crippen molar-refractivity contribution in [2.75, 3.05) is 11.9 Å². The van der Waals surface area contributed by atoms with Gasteiger partial charge in [-0.3, -0.25) is 9.78 Å². The van der Waals surface area contributed by atoms with Crippen molar-refractivity contribution >= 4 is 17.6 Å². The van der Waals surface area contributed by atoms with Gasteiger partial charge in [0.25, 0.3) is 5.91 Å². The number of aromatic carboxylic acids is 1. The number of aromatic nitrogens is 1. The van der Waals surface area contributed by atoms with Gasteiger partial charge in [-0.15, -0.1) is 0 Å². The third-order valence-electron chi connectivity index (χ3n) is 2.42.